The van der Waals surface area contributed by atoms with Crippen molar-refractivity contribution in [3.05, 3.63) is 29.6 Å². The molecule has 0 aliphatic heterocycles. The summed E-state index contributed by atoms with van der Waals surface area (Å²) in [6.45, 7) is 5.57. The molecule has 3 aliphatic carbocycles. The van der Waals surface area contributed by atoms with Crippen LogP contribution >= 0.6 is 0 Å². The van der Waals surface area contributed by atoms with Gasteiger partial charge < -0.3 is 10.3 Å². The van der Waals surface area contributed by atoms with Gasteiger partial charge in [0.05, 0.1) is 38.8 Å². The molecular weight excluding hydrogens is 532 g/mol. The molecule has 0 radical (unpaired) electrons. The maximum Gasteiger partial charge on any atom is 0.248 e. The first-order valence-electron chi connectivity index (χ1n) is 13.9. The number of imidazole rings is 1. The fraction of sp³-hybridized carbons (Fsp3) is 0.714. The molecule has 5 rings (SSSR count). The Bertz CT molecular complexity index is 1220. The van der Waals surface area contributed by atoms with Gasteiger partial charge in [0.2, 0.25) is 17.8 Å². The van der Waals surface area contributed by atoms with Gasteiger partial charge in [-0.15, -0.1) is 0 Å². The molecule has 3 saturated carbocycles. The monoisotopic (exact) mass is 570 g/mol. The summed E-state index contributed by atoms with van der Waals surface area (Å²) in [4.78, 5) is 20.8. The van der Waals surface area contributed by atoms with E-state index in [4.69, 9.17) is 4.98 Å². The van der Waals surface area contributed by atoms with E-state index in [0.29, 0.717) is 30.1 Å². The van der Waals surface area contributed by atoms with E-state index in [-0.39, 0.29) is 55.9 Å². The molecule has 1 heterocycles. The first-order valence-corrected chi connectivity index (χ1v) is 15.1. The van der Waals surface area contributed by atoms with Crippen LogP contribution < -0.4 is 10.0 Å². The smallest absolute Gasteiger partial charge is 0.248 e. The molecule has 1 amide bonds. The van der Waals surface area contributed by atoms with Crippen molar-refractivity contribution >= 4 is 27.9 Å². The third kappa shape index (κ3) is 6.84. The van der Waals surface area contributed by atoms with Gasteiger partial charge in [0.25, 0.3) is 0 Å². The normalized spacial score (nSPS) is 24.2. The minimum Gasteiger partial charge on any atom is -0.349 e. The Labute approximate surface area is 229 Å². The quantitative estimate of drug-likeness (QED) is 0.302. The number of hydrogen-bond acceptors (Lipinski definition) is 3. The number of rotatable bonds is 9. The van der Waals surface area contributed by atoms with Gasteiger partial charge in [-0.3, -0.25) is 4.79 Å². The predicted octanol–water partition coefficient (Wildman–Crippen LogP) is 6.48. The van der Waals surface area contributed by atoms with Crippen LogP contribution in [0.1, 0.15) is 102 Å². The molecule has 3 fully saturated rings. The average molecular weight is 571 g/mol. The van der Waals surface area contributed by atoms with Crippen molar-refractivity contribution in [2.75, 3.05) is 0 Å². The number of H-pyrrole nitrogens is 1. The van der Waals surface area contributed by atoms with Crippen molar-refractivity contribution in [2.24, 2.45) is 17.8 Å². The maximum atomic E-state index is 13.9. The van der Waals surface area contributed by atoms with Crippen LogP contribution in [0.5, 0.6) is 0 Å². The molecule has 3 atom stereocenters. The first-order chi connectivity index (χ1) is 18.2. The molecule has 1 aromatic carbocycles. The molecule has 0 spiro atoms. The van der Waals surface area contributed by atoms with Crippen LogP contribution in [0.3, 0.4) is 0 Å². The number of fused-ring (bicyclic) bond motifs is 1. The van der Waals surface area contributed by atoms with Gasteiger partial charge in [-0.05, 0) is 81.9 Å². The number of hydrogen-bond donors (Lipinski definition) is 3. The lowest BCUT2D eigenvalue weighted by atomic mass is 9.79. The number of alkyl halides is 4. The molecule has 2 aromatic rings. The van der Waals surface area contributed by atoms with E-state index in [0.717, 1.165) is 23.9 Å². The van der Waals surface area contributed by atoms with Crippen LogP contribution in [0.4, 0.5) is 17.6 Å². The van der Waals surface area contributed by atoms with E-state index in [9.17, 15) is 26.6 Å². The van der Waals surface area contributed by atoms with Gasteiger partial charge >= 0.3 is 0 Å². The lowest BCUT2D eigenvalue weighted by molar-refractivity contribution is -0.134. The van der Waals surface area contributed by atoms with Crippen molar-refractivity contribution in [1.82, 2.24) is 20.0 Å². The Morgan fingerprint density at radius 3 is 2.28 bits per heavy atom. The van der Waals surface area contributed by atoms with Crippen LogP contribution in [-0.4, -0.2) is 36.7 Å². The van der Waals surface area contributed by atoms with E-state index in [2.05, 4.69) is 15.0 Å². The van der Waals surface area contributed by atoms with Crippen LogP contribution in [0.25, 0.3) is 11.0 Å². The summed E-state index contributed by atoms with van der Waals surface area (Å²) in [5.41, 5.74) is 2.35. The molecule has 0 bridgehead atoms. The number of aromatic amines is 1. The zero-order valence-electron chi connectivity index (χ0n) is 22.7. The number of carbonyl (C=O) groups excluding carboxylic acids is 1. The third-order valence-electron chi connectivity index (χ3n) is 8.26. The highest BCUT2D eigenvalue weighted by molar-refractivity contribution is 7.84. The summed E-state index contributed by atoms with van der Waals surface area (Å²) in [6.07, 6.45) is 1.80. The highest BCUT2D eigenvalue weighted by Crippen LogP contribution is 2.45. The SMILES string of the molecule is CC(C)(C)[S@@](=O)N[C@H](c1nc2ccc([C@H](NC(=O)CC3CC(F)(F)C3)C3CC3)cc2[nH]1)C1CCC(F)(F)CC1. The average Bonchev–Trinajstić information content (AvgIpc) is 3.57. The fourth-order valence-corrected chi connectivity index (χ4v) is 6.67. The number of nitrogens with one attached hydrogen (secondary N) is 3. The zero-order valence-corrected chi connectivity index (χ0v) is 23.5. The second-order valence-corrected chi connectivity index (χ2v) is 14.8. The highest BCUT2D eigenvalue weighted by atomic mass is 32.2. The minimum absolute atomic E-state index is 0.105. The molecule has 3 aliphatic rings. The number of nitrogens with zero attached hydrogens (tertiary/aromatic N) is 1. The summed E-state index contributed by atoms with van der Waals surface area (Å²) >= 11 is 0. The molecular formula is C28H38F4N4O2S. The summed E-state index contributed by atoms with van der Waals surface area (Å²) in [5.74, 6) is -5.09. The first kappa shape index (κ1) is 28.5. The van der Waals surface area contributed by atoms with Crippen molar-refractivity contribution in [2.45, 2.75) is 107 Å². The molecule has 1 aromatic heterocycles. The molecule has 39 heavy (non-hydrogen) atoms. The van der Waals surface area contributed by atoms with E-state index in [1.54, 1.807) is 0 Å². The van der Waals surface area contributed by atoms with Gasteiger partial charge in [-0.1, -0.05) is 6.07 Å². The maximum absolute atomic E-state index is 13.9. The Balaban J connectivity index is 1.35. The Hall–Kier alpha value is -2.01. The molecule has 0 unspecified atom stereocenters. The fourth-order valence-electron chi connectivity index (χ4n) is 5.78. The Kier molecular flexibility index (Phi) is 7.63. The second-order valence-electron chi connectivity index (χ2n) is 12.8. The van der Waals surface area contributed by atoms with Crippen LogP contribution in [-0.2, 0) is 15.8 Å². The topological polar surface area (TPSA) is 86.9 Å². The van der Waals surface area contributed by atoms with Crippen LogP contribution in [0.2, 0.25) is 0 Å². The van der Waals surface area contributed by atoms with Gasteiger partial charge in [-0.2, -0.15) is 0 Å². The largest absolute Gasteiger partial charge is 0.349 e. The number of benzene rings is 1. The second kappa shape index (κ2) is 10.4. The lowest BCUT2D eigenvalue weighted by Crippen LogP contribution is -2.40. The standard InChI is InChI=1S/C28H38F4N4O2S/c1-26(2,3)39(38)36-24(18-8-10-27(29,30)11-9-18)25-33-20-7-6-19(13-21(20)34-25)23(17-4-5-17)35-22(37)12-16-14-28(31,32)15-16/h6-7,13,16-18,23-24,36H,4-5,8-12,14-15H2,1-3H3,(H,33,34)(H,35,37)/t23-,24+,39-/m1/s1. The van der Waals surface area contributed by atoms with Crippen LogP contribution in [0, 0.1) is 17.8 Å². The predicted molar refractivity (Wildman–Crippen MR) is 143 cm³/mol. The van der Waals surface area contributed by atoms with E-state index in [1.807, 2.05) is 39.0 Å². The van der Waals surface area contributed by atoms with Crippen molar-refractivity contribution < 1.29 is 26.6 Å². The lowest BCUT2D eigenvalue weighted by Gasteiger charge is -2.34. The van der Waals surface area contributed by atoms with Crippen molar-refractivity contribution in [3.8, 4) is 0 Å². The van der Waals surface area contributed by atoms with Crippen molar-refractivity contribution in [3.63, 3.8) is 0 Å². The van der Waals surface area contributed by atoms with Crippen molar-refractivity contribution in [1.29, 1.82) is 0 Å². The number of aromatic nitrogens is 2. The minimum atomic E-state index is -2.67. The summed E-state index contributed by atoms with van der Waals surface area (Å²) < 4.78 is 69.9. The molecule has 6 nitrogen and oxygen atoms in total. The van der Waals surface area contributed by atoms with E-state index >= 15 is 0 Å². The number of carbonyl (C=O) groups is 1. The summed E-state index contributed by atoms with van der Waals surface area (Å²) in [6, 6.07) is 5.05. The molecule has 216 valence electrons. The van der Waals surface area contributed by atoms with Gasteiger partial charge in [-0.25, -0.2) is 31.5 Å². The third-order valence-corrected chi connectivity index (χ3v) is 9.84. The van der Waals surface area contributed by atoms with E-state index in [1.165, 1.54) is 0 Å². The zero-order chi connectivity index (χ0) is 28.2. The van der Waals surface area contributed by atoms with Gasteiger partial charge in [0, 0.05) is 32.1 Å². The van der Waals surface area contributed by atoms with E-state index < -0.39 is 33.6 Å². The van der Waals surface area contributed by atoms with Gasteiger partial charge in [0.1, 0.15) is 5.82 Å². The molecule has 0 saturated heterocycles. The summed E-state index contributed by atoms with van der Waals surface area (Å²) in [7, 11) is -1.42. The van der Waals surface area contributed by atoms with Gasteiger partial charge in [0.15, 0.2) is 0 Å². The van der Waals surface area contributed by atoms with Crippen LogP contribution in [0.15, 0.2) is 18.2 Å². The highest BCUT2D eigenvalue weighted by Gasteiger charge is 2.46. The Morgan fingerprint density at radius 1 is 1.05 bits per heavy atom. The molecule has 11 heteroatoms. The number of halogens is 4. The summed E-state index contributed by atoms with van der Waals surface area (Å²) in [5, 5.41) is 3.08. The number of amides is 1. The Morgan fingerprint density at radius 2 is 1.69 bits per heavy atom. The molecule has 3 N–H and O–H groups in total.